The number of ether oxygens (including phenoxy) is 2. The molecule has 0 bridgehead atoms. The maximum atomic E-state index is 12.7. The molecule has 1 aliphatic heterocycles. The molecular weight excluding hydrogens is 497 g/mol. The van der Waals surface area contributed by atoms with Gasteiger partial charge in [-0.2, -0.15) is 8.78 Å². The molecule has 3 N–H and O–H groups in total. The highest BCUT2D eigenvalue weighted by molar-refractivity contribution is 14.0. The zero-order chi connectivity index (χ0) is 20.5. The van der Waals surface area contributed by atoms with E-state index < -0.39 is 6.61 Å². The van der Waals surface area contributed by atoms with E-state index in [1.54, 1.807) is 12.1 Å². The molecule has 0 radical (unpaired) electrons. The van der Waals surface area contributed by atoms with Crippen LogP contribution in [-0.2, 0) is 11.3 Å². The lowest BCUT2D eigenvalue weighted by Crippen LogP contribution is -2.47. The van der Waals surface area contributed by atoms with Crippen molar-refractivity contribution in [2.24, 2.45) is 16.6 Å². The number of alkyl halides is 2. The molecule has 7 nitrogen and oxygen atoms in total. The zero-order valence-electron chi connectivity index (χ0n) is 16.7. The number of guanidine groups is 1. The van der Waals surface area contributed by atoms with Gasteiger partial charge in [0.15, 0.2) is 5.96 Å². The van der Waals surface area contributed by atoms with Gasteiger partial charge in [0.05, 0.1) is 13.7 Å². The quantitative estimate of drug-likeness (QED) is 0.309. The predicted octanol–water partition coefficient (Wildman–Crippen LogP) is 2.97. The fourth-order valence-electron chi connectivity index (χ4n) is 3.29. The number of primary amides is 1. The number of nitrogens with two attached hydrogens (primary N) is 1. The molecule has 29 heavy (non-hydrogen) atoms. The minimum Gasteiger partial charge on any atom is -0.497 e. The van der Waals surface area contributed by atoms with Crippen LogP contribution in [0.15, 0.2) is 23.2 Å². The van der Waals surface area contributed by atoms with Crippen LogP contribution in [0.25, 0.3) is 0 Å². The van der Waals surface area contributed by atoms with E-state index in [2.05, 4.69) is 19.9 Å². The van der Waals surface area contributed by atoms with E-state index >= 15 is 0 Å². The number of nitrogens with one attached hydrogen (secondary N) is 1. The Bertz CT molecular complexity index is 691. The summed E-state index contributed by atoms with van der Waals surface area (Å²) in [5.41, 5.74) is 5.86. The molecule has 1 amide bonds. The summed E-state index contributed by atoms with van der Waals surface area (Å²) in [6, 6.07) is 4.77. The van der Waals surface area contributed by atoms with Crippen molar-refractivity contribution in [3.8, 4) is 11.5 Å². The largest absolute Gasteiger partial charge is 0.497 e. The first-order chi connectivity index (χ1) is 13.4. The van der Waals surface area contributed by atoms with Crippen LogP contribution in [0.4, 0.5) is 8.78 Å². The van der Waals surface area contributed by atoms with E-state index in [0.717, 1.165) is 19.4 Å². The van der Waals surface area contributed by atoms with Crippen LogP contribution in [0.5, 0.6) is 11.5 Å². The van der Waals surface area contributed by atoms with E-state index in [1.165, 1.54) is 13.2 Å². The van der Waals surface area contributed by atoms with Gasteiger partial charge >= 0.3 is 6.61 Å². The lowest BCUT2D eigenvalue weighted by molar-refractivity contribution is -0.119. The van der Waals surface area contributed by atoms with E-state index in [1.807, 2.05) is 6.92 Å². The highest BCUT2D eigenvalue weighted by Crippen LogP contribution is 2.27. The highest BCUT2D eigenvalue weighted by atomic mass is 127. The SMILES string of the molecule is CCNC(=NCc1ccc(OC)cc1OC(F)F)N1CCCC(CC(N)=O)C1.I. The Morgan fingerprint density at radius 2 is 2.21 bits per heavy atom. The maximum Gasteiger partial charge on any atom is 0.387 e. The first kappa shape index (κ1) is 25.2. The third-order valence-electron chi connectivity index (χ3n) is 4.53. The van der Waals surface area contributed by atoms with Crippen molar-refractivity contribution in [3.63, 3.8) is 0 Å². The van der Waals surface area contributed by atoms with Crippen LogP contribution < -0.4 is 20.5 Å². The number of aliphatic imine (C=N–C) groups is 1. The number of carbonyl (C=O) groups is 1. The van der Waals surface area contributed by atoms with Crippen LogP contribution in [0, 0.1) is 5.92 Å². The average molecular weight is 526 g/mol. The molecule has 1 aromatic rings. The van der Waals surface area contributed by atoms with Gasteiger partial charge in [-0.25, -0.2) is 4.99 Å². The number of likely N-dealkylation sites (tertiary alicyclic amines) is 1. The van der Waals surface area contributed by atoms with Crippen molar-refractivity contribution in [1.82, 2.24) is 10.2 Å². The second kappa shape index (κ2) is 12.7. The number of halogens is 3. The Labute approximate surface area is 187 Å². The molecule has 1 aromatic carbocycles. The van der Waals surface area contributed by atoms with Gasteiger partial charge < -0.3 is 25.4 Å². The molecule has 1 atom stereocenters. The number of hydrogen-bond acceptors (Lipinski definition) is 4. The topological polar surface area (TPSA) is 89.2 Å². The number of methoxy groups -OCH3 is 1. The Morgan fingerprint density at radius 3 is 2.83 bits per heavy atom. The smallest absolute Gasteiger partial charge is 0.387 e. The van der Waals surface area contributed by atoms with Gasteiger partial charge in [0.25, 0.3) is 0 Å². The third kappa shape index (κ3) is 8.19. The fourth-order valence-corrected chi connectivity index (χ4v) is 3.29. The fraction of sp³-hybridized carbons (Fsp3) is 0.579. The Balaban J connectivity index is 0.00000420. The molecular formula is C19H29F2IN4O3. The van der Waals surface area contributed by atoms with Gasteiger partial charge in [0, 0.05) is 37.7 Å². The lowest BCUT2D eigenvalue weighted by Gasteiger charge is -2.34. The zero-order valence-corrected chi connectivity index (χ0v) is 19.0. The van der Waals surface area contributed by atoms with E-state index in [9.17, 15) is 13.6 Å². The van der Waals surface area contributed by atoms with E-state index in [4.69, 9.17) is 10.5 Å². The molecule has 1 saturated heterocycles. The van der Waals surface area contributed by atoms with Crippen LogP contribution in [0.3, 0.4) is 0 Å². The van der Waals surface area contributed by atoms with Crippen molar-refractivity contribution in [2.75, 3.05) is 26.7 Å². The summed E-state index contributed by atoms with van der Waals surface area (Å²) >= 11 is 0. The van der Waals surface area contributed by atoms with Gasteiger partial charge in [-0.05, 0) is 37.8 Å². The van der Waals surface area contributed by atoms with Gasteiger partial charge in [-0.1, -0.05) is 0 Å². The van der Waals surface area contributed by atoms with E-state index in [-0.39, 0.29) is 48.1 Å². The number of nitrogens with zero attached hydrogens (tertiary/aromatic N) is 2. The van der Waals surface area contributed by atoms with Crippen LogP contribution >= 0.6 is 24.0 Å². The predicted molar refractivity (Wildman–Crippen MR) is 118 cm³/mol. The molecule has 10 heteroatoms. The summed E-state index contributed by atoms with van der Waals surface area (Å²) in [5.74, 6) is 1.03. The Hall–Kier alpha value is -1.85. The summed E-state index contributed by atoms with van der Waals surface area (Å²) in [5, 5.41) is 3.23. The molecule has 0 aliphatic carbocycles. The van der Waals surface area contributed by atoms with Crippen LogP contribution in [-0.4, -0.2) is 50.1 Å². The normalized spacial score (nSPS) is 16.9. The molecule has 2 rings (SSSR count). The lowest BCUT2D eigenvalue weighted by atomic mass is 9.95. The molecule has 0 aromatic heterocycles. The number of rotatable bonds is 8. The minimum absolute atomic E-state index is 0. The number of amides is 1. The van der Waals surface area contributed by atoms with Crippen molar-refractivity contribution < 1.29 is 23.0 Å². The second-order valence-corrected chi connectivity index (χ2v) is 6.65. The molecule has 1 unspecified atom stereocenters. The Kier molecular flexibility index (Phi) is 11.0. The number of hydrogen-bond donors (Lipinski definition) is 2. The van der Waals surface area contributed by atoms with Gasteiger partial charge in [0.2, 0.25) is 5.91 Å². The van der Waals surface area contributed by atoms with Crippen molar-refractivity contribution in [1.29, 1.82) is 0 Å². The average Bonchev–Trinajstić information content (AvgIpc) is 2.65. The maximum absolute atomic E-state index is 12.7. The highest BCUT2D eigenvalue weighted by Gasteiger charge is 2.23. The second-order valence-electron chi connectivity index (χ2n) is 6.65. The summed E-state index contributed by atoms with van der Waals surface area (Å²) in [6.45, 7) is 1.35. The van der Waals surface area contributed by atoms with Crippen LogP contribution in [0.1, 0.15) is 31.7 Å². The Morgan fingerprint density at radius 1 is 1.45 bits per heavy atom. The molecule has 0 spiro atoms. The summed E-state index contributed by atoms with van der Waals surface area (Å²) in [7, 11) is 1.46. The molecule has 1 fully saturated rings. The van der Waals surface area contributed by atoms with Crippen molar-refractivity contribution in [2.45, 2.75) is 39.3 Å². The molecule has 0 saturated carbocycles. The number of piperidine rings is 1. The third-order valence-corrected chi connectivity index (χ3v) is 4.53. The number of benzene rings is 1. The monoisotopic (exact) mass is 526 g/mol. The first-order valence-corrected chi connectivity index (χ1v) is 9.36. The summed E-state index contributed by atoms with van der Waals surface area (Å²) in [6.07, 6.45) is 2.23. The van der Waals surface area contributed by atoms with Crippen molar-refractivity contribution >= 4 is 35.8 Å². The summed E-state index contributed by atoms with van der Waals surface area (Å²) < 4.78 is 35.2. The standard InChI is InChI=1S/C19H28F2N4O3.HI/c1-3-23-19(25-8-4-5-13(12-25)9-17(22)26)24-11-14-6-7-15(27-2)10-16(14)28-18(20)21;/h6-7,10,13,18H,3-5,8-9,11-12H2,1-2H3,(H2,22,26)(H,23,24);1H. The van der Waals surface area contributed by atoms with Gasteiger partial charge in [-0.15, -0.1) is 24.0 Å². The van der Waals surface area contributed by atoms with E-state index in [0.29, 0.717) is 36.8 Å². The van der Waals surface area contributed by atoms with Crippen molar-refractivity contribution in [3.05, 3.63) is 23.8 Å². The van der Waals surface area contributed by atoms with Gasteiger partial charge in [0.1, 0.15) is 11.5 Å². The molecule has 1 aliphatic rings. The minimum atomic E-state index is -2.93. The summed E-state index contributed by atoms with van der Waals surface area (Å²) in [4.78, 5) is 17.9. The van der Waals surface area contributed by atoms with Gasteiger partial charge in [-0.3, -0.25) is 4.79 Å². The molecule has 164 valence electrons. The number of carbonyl (C=O) groups excluding carboxylic acids is 1. The van der Waals surface area contributed by atoms with Crippen LogP contribution in [0.2, 0.25) is 0 Å². The first-order valence-electron chi connectivity index (χ1n) is 9.36. The molecule has 1 heterocycles.